The zero-order valence-corrected chi connectivity index (χ0v) is 26.3. The van der Waals surface area contributed by atoms with Crippen LogP contribution in [-0.4, -0.2) is 39.8 Å². The molecule has 3 amide bonds. The molecule has 1 fully saturated rings. The van der Waals surface area contributed by atoms with Gasteiger partial charge in [-0.3, -0.25) is 14.4 Å². The summed E-state index contributed by atoms with van der Waals surface area (Å²) < 4.78 is 7.66. The Morgan fingerprint density at radius 1 is 0.812 bits per heavy atom. The fourth-order valence-corrected chi connectivity index (χ4v) is 5.56. The van der Waals surface area contributed by atoms with E-state index in [4.69, 9.17) is 9.84 Å². The van der Waals surface area contributed by atoms with Gasteiger partial charge < -0.3 is 15.4 Å². The van der Waals surface area contributed by atoms with Crippen molar-refractivity contribution in [3.63, 3.8) is 0 Å². The van der Waals surface area contributed by atoms with E-state index in [2.05, 4.69) is 21.2 Å². The van der Waals surface area contributed by atoms with Crippen molar-refractivity contribution in [2.75, 3.05) is 5.32 Å². The molecule has 3 N–H and O–H groups in total. The van der Waals surface area contributed by atoms with Gasteiger partial charge in [0.05, 0.1) is 23.2 Å². The fourth-order valence-electron chi connectivity index (χ4n) is 5.56. The van der Waals surface area contributed by atoms with E-state index in [1.54, 1.807) is 35.1 Å². The van der Waals surface area contributed by atoms with Crippen molar-refractivity contribution in [1.82, 2.24) is 20.5 Å². The first-order chi connectivity index (χ1) is 23.5. The van der Waals surface area contributed by atoms with Crippen molar-refractivity contribution < 1.29 is 19.1 Å². The lowest BCUT2D eigenvalue weighted by Crippen LogP contribution is -2.37. The number of nitrogens with zero attached hydrogens (tertiary/aromatic N) is 3. The number of hydrogen-bond acceptors (Lipinski definition) is 6. The lowest BCUT2D eigenvalue weighted by Gasteiger charge is -2.23. The summed E-state index contributed by atoms with van der Waals surface area (Å²) in [5.41, 5.74) is 6.79. The molecule has 1 saturated carbocycles. The highest BCUT2D eigenvalue weighted by atomic mass is 16.5. The number of ether oxygens (including phenoxy) is 1. The maximum absolute atomic E-state index is 13.0. The number of carbonyl (C=O) groups excluding carboxylic acids is 3. The van der Waals surface area contributed by atoms with Crippen LogP contribution in [0.2, 0.25) is 0 Å². The summed E-state index contributed by atoms with van der Waals surface area (Å²) in [7, 11) is 0. The van der Waals surface area contributed by atoms with E-state index in [0.717, 1.165) is 42.5 Å². The Balaban J connectivity index is 1.13. The molecular formula is C38H36N6O4. The molecule has 48 heavy (non-hydrogen) atoms. The van der Waals surface area contributed by atoms with Crippen LogP contribution in [0.4, 0.5) is 5.69 Å². The molecule has 4 aromatic carbocycles. The minimum absolute atomic E-state index is 0.106. The lowest BCUT2D eigenvalue weighted by atomic mass is 9.95. The molecule has 1 heterocycles. The number of hydrazone groups is 1. The van der Waals surface area contributed by atoms with Crippen molar-refractivity contribution in [3.8, 4) is 22.7 Å². The average molecular weight is 641 g/mol. The van der Waals surface area contributed by atoms with Gasteiger partial charge in [-0.25, -0.2) is 10.1 Å². The van der Waals surface area contributed by atoms with Gasteiger partial charge in [0.2, 0.25) is 0 Å². The van der Waals surface area contributed by atoms with Gasteiger partial charge in [-0.2, -0.15) is 10.2 Å². The number of benzene rings is 4. The molecule has 0 spiro atoms. The zero-order chi connectivity index (χ0) is 33.1. The summed E-state index contributed by atoms with van der Waals surface area (Å²) in [4.78, 5) is 38.5. The highest BCUT2D eigenvalue weighted by molar-refractivity contribution is 6.40. The number of nitrogens with one attached hydrogen (secondary N) is 3. The van der Waals surface area contributed by atoms with E-state index in [1.165, 1.54) is 12.6 Å². The maximum Gasteiger partial charge on any atom is 0.329 e. The fraction of sp³-hybridized carbons (Fsp3) is 0.184. The molecule has 0 radical (unpaired) electrons. The van der Waals surface area contributed by atoms with E-state index in [1.807, 2.05) is 84.9 Å². The minimum atomic E-state index is -0.981. The molecule has 0 atom stereocenters. The SMILES string of the molecule is O=C(N/N=C\c1cn(-c2ccccc2)nc1-c1ccc(OCc2ccccc2)cc1)C(=O)Nc1ccccc1C(=O)NC1CCCCC1. The first kappa shape index (κ1) is 31.9. The monoisotopic (exact) mass is 640 g/mol. The largest absolute Gasteiger partial charge is 0.489 e. The summed E-state index contributed by atoms with van der Waals surface area (Å²) in [6.07, 6.45) is 8.43. The molecule has 1 aliphatic rings. The molecular weight excluding hydrogens is 604 g/mol. The van der Waals surface area contributed by atoms with Crippen LogP contribution in [0.5, 0.6) is 5.75 Å². The molecule has 0 saturated heterocycles. The second kappa shape index (κ2) is 15.5. The molecule has 1 aliphatic carbocycles. The first-order valence-corrected chi connectivity index (χ1v) is 16.0. The quantitative estimate of drug-likeness (QED) is 0.0943. The number of hydrogen-bond donors (Lipinski definition) is 3. The Morgan fingerprint density at radius 3 is 2.25 bits per heavy atom. The predicted molar refractivity (Wildman–Crippen MR) is 185 cm³/mol. The van der Waals surface area contributed by atoms with Crippen LogP contribution in [0.1, 0.15) is 53.6 Å². The number of para-hydroxylation sites is 2. The normalized spacial score (nSPS) is 13.2. The van der Waals surface area contributed by atoms with Crippen molar-refractivity contribution in [2.24, 2.45) is 5.10 Å². The molecule has 0 aliphatic heterocycles. The maximum atomic E-state index is 13.0. The third-order valence-corrected chi connectivity index (χ3v) is 8.08. The van der Waals surface area contributed by atoms with E-state index >= 15 is 0 Å². The van der Waals surface area contributed by atoms with Gasteiger partial charge in [0.15, 0.2) is 0 Å². The Morgan fingerprint density at radius 2 is 1.50 bits per heavy atom. The number of amides is 3. The lowest BCUT2D eigenvalue weighted by molar-refractivity contribution is -0.136. The Kier molecular flexibility index (Phi) is 10.3. The van der Waals surface area contributed by atoms with E-state index in [0.29, 0.717) is 29.2 Å². The molecule has 0 bridgehead atoms. The van der Waals surface area contributed by atoms with Crippen LogP contribution in [-0.2, 0) is 16.2 Å². The van der Waals surface area contributed by atoms with Crippen LogP contribution >= 0.6 is 0 Å². The predicted octanol–water partition coefficient (Wildman–Crippen LogP) is 6.27. The van der Waals surface area contributed by atoms with Gasteiger partial charge in [-0.1, -0.05) is 79.9 Å². The molecule has 6 rings (SSSR count). The summed E-state index contributed by atoms with van der Waals surface area (Å²) in [6, 6.07) is 33.8. The van der Waals surface area contributed by atoms with E-state index < -0.39 is 11.8 Å². The number of rotatable bonds is 10. The highest BCUT2D eigenvalue weighted by Gasteiger charge is 2.21. The Hall–Kier alpha value is -6.03. The topological polar surface area (TPSA) is 127 Å². The van der Waals surface area contributed by atoms with Crippen LogP contribution in [0.25, 0.3) is 16.9 Å². The van der Waals surface area contributed by atoms with Crippen molar-refractivity contribution >= 4 is 29.6 Å². The van der Waals surface area contributed by atoms with Crippen LogP contribution in [0.15, 0.2) is 120 Å². The molecule has 10 heteroatoms. The van der Waals surface area contributed by atoms with Gasteiger partial charge in [-0.05, 0) is 66.9 Å². The molecule has 0 unspecified atom stereocenters. The van der Waals surface area contributed by atoms with E-state index in [9.17, 15) is 14.4 Å². The molecule has 242 valence electrons. The summed E-state index contributed by atoms with van der Waals surface area (Å²) >= 11 is 0. The van der Waals surface area contributed by atoms with Gasteiger partial charge >= 0.3 is 11.8 Å². The van der Waals surface area contributed by atoms with E-state index in [-0.39, 0.29) is 17.6 Å². The van der Waals surface area contributed by atoms with Gasteiger partial charge in [0, 0.05) is 23.4 Å². The standard InChI is InChI=1S/C38H36N6O4/c45-36(40-30-14-6-2-7-15-30)33-18-10-11-19-34(33)41-37(46)38(47)42-39-24-29-25-44(31-16-8-3-9-17-31)43-35(29)28-20-22-32(23-21-28)48-26-27-12-4-1-5-13-27/h1,3-5,8-13,16-25,30H,2,6-7,14-15,26H2,(H,40,45)(H,41,46)(H,42,47)/b39-24-. The van der Waals surface area contributed by atoms with Gasteiger partial charge in [0.1, 0.15) is 18.1 Å². The van der Waals surface area contributed by atoms with Gasteiger partial charge in [0.25, 0.3) is 5.91 Å². The second-order valence-electron chi connectivity index (χ2n) is 11.5. The van der Waals surface area contributed by atoms with Crippen molar-refractivity contribution in [3.05, 3.63) is 132 Å². The summed E-state index contributed by atoms with van der Waals surface area (Å²) in [5, 5.41) is 14.5. The van der Waals surface area contributed by atoms with Crippen LogP contribution in [0, 0.1) is 0 Å². The van der Waals surface area contributed by atoms with Crippen molar-refractivity contribution in [1.29, 1.82) is 0 Å². The number of aromatic nitrogens is 2. The second-order valence-corrected chi connectivity index (χ2v) is 11.5. The summed E-state index contributed by atoms with van der Waals surface area (Å²) in [6.45, 7) is 0.452. The highest BCUT2D eigenvalue weighted by Crippen LogP contribution is 2.26. The van der Waals surface area contributed by atoms with Crippen LogP contribution < -0.4 is 20.8 Å². The average Bonchev–Trinajstić information content (AvgIpc) is 3.56. The van der Waals surface area contributed by atoms with Crippen LogP contribution in [0.3, 0.4) is 0 Å². The number of carbonyl (C=O) groups is 3. The Bertz CT molecular complexity index is 1880. The smallest absolute Gasteiger partial charge is 0.329 e. The molecule has 5 aromatic rings. The molecule has 10 nitrogen and oxygen atoms in total. The first-order valence-electron chi connectivity index (χ1n) is 16.0. The molecule has 1 aromatic heterocycles. The Labute approximate surface area is 278 Å². The van der Waals surface area contributed by atoms with Gasteiger partial charge in [-0.15, -0.1) is 0 Å². The number of anilines is 1. The van der Waals surface area contributed by atoms with Crippen molar-refractivity contribution in [2.45, 2.75) is 44.8 Å². The third kappa shape index (κ3) is 8.21. The summed E-state index contributed by atoms with van der Waals surface area (Å²) in [5.74, 6) is -1.50. The minimum Gasteiger partial charge on any atom is -0.489 e. The third-order valence-electron chi connectivity index (χ3n) is 8.08. The zero-order valence-electron chi connectivity index (χ0n) is 26.3.